The minimum atomic E-state index is 1.21. The summed E-state index contributed by atoms with van der Waals surface area (Å²) >= 11 is 0. The number of rotatable bonds is 5. The van der Waals surface area contributed by atoms with E-state index in [1.807, 2.05) is 0 Å². The Bertz CT molecular complexity index is 3410. The van der Waals surface area contributed by atoms with E-state index in [1.54, 1.807) is 0 Å². The van der Waals surface area contributed by atoms with Gasteiger partial charge in [-0.3, -0.25) is 0 Å². The zero-order chi connectivity index (χ0) is 36.7. The summed E-state index contributed by atoms with van der Waals surface area (Å²) in [4.78, 5) is 0. The summed E-state index contributed by atoms with van der Waals surface area (Å²) in [6.07, 6.45) is 0. The Morgan fingerprint density at radius 3 is 0.964 bits per heavy atom. The van der Waals surface area contributed by atoms with Crippen LogP contribution in [-0.4, -0.2) is 0 Å². The summed E-state index contributed by atoms with van der Waals surface area (Å²) in [6, 6.07) is 76.5. The SMILES string of the molecule is c1ccc(-c2ccc3ccc4c(-c5ccc(-c6cccc(-c7ccc(-c8ccc9ccc%10cccc%11ccc8c9c%10%11)cc7)c6)cc5)ccc5ccc2c3c54)cc1. The van der Waals surface area contributed by atoms with Crippen molar-refractivity contribution in [3.8, 4) is 55.6 Å². The molecule has 0 saturated carbocycles. The summed E-state index contributed by atoms with van der Waals surface area (Å²) in [6.45, 7) is 0. The first-order valence-corrected chi connectivity index (χ1v) is 19.5. The standard InChI is InChI=1S/C56H34/c1-2-6-37(7-3-1)47-28-23-43-27-33-52-49(30-24-44-26-32-51(47)55(43)56(44)52)39-18-14-36(15-19-39)46-11-5-10-45(34-46)35-12-16-38(17-13-35)48-29-22-42-21-20-40-8-4-9-41-25-31-50(48)54(42)53(40)41/h1-34H. The van der Waals surface area contributed by atoms with Crippen LogP contribution in [0, 0.1) is 0 Å². The van der Waals surface area contributed by atoms with Crippen LogP contribution in [0.3, 0.4) is 0 Å². The van der Waals surface area contributed by atoms with E-state index in [2.05, 4.69) is 206 Å². The molecule has 0 heterocycles. The highest BCUT2D eigenvalue weighted by Crippen LogP contribution is 2.43. The Hall–Kier alpha value is -7.28. The molecule has 258 valence electrons. The molecule has 0 atom stereocenters. The monoisotopic (exact) mass is 706 g/mol. The largest absolute Gasteiger partial charge is 0.0622 e. The highest BCUT2D eigenvalue weighted by atomic mass is 14.2. The van der Waals surface area contributed by atoms with Gasteiger partial charge in [-0.15, -0.1) is 0 Å². The fourth-order valence-corrected chi connectivity index (χ4v) is 9.47. The second-order valence-corrected chi connectivity index (χ2v) is 15.2. The molecule has 0 aliphatic heterocycles. The molecule has 0 N–H and O–H groups in total. The lowest BCUT2D eigenvalue weighted by Gasteiger charge is -2.16. The van der Waals surface area contributed by atoms with Gasteiger partial charge in [0.05, 0.1) is 0 Å². The lowest BCUT2D eigenvalue weighted by Crippen LogP contribution is -1.89. The van der Waals surface area contributed by atoms with Crippen molar-refractivity contribution in [2.75, 3.05) is 0 Å². The van der Waals surface area contributed by atoms with Gasteiger partial charge in [-0.2, -0.15) is 0 Å². The lowest BCUT2D eigenvalue weighted by molar-refractivity contribution is 1.58. The molecule has 0 saturated heterocycles. The van der Waals surface area contributed by atoms with Crippen molar-refractivity contribution in [1.29, 1.82) is 0 Å². The number of benzene rings is 12. The highest BCUT2D eigenvalue weighted by Gasteiger charge is 2.16. The molecule has 0 spiro atoms. The predicted molar refractivity (Wildman–Crippen MR) is 241 cm³/mol. The summed E-state index contributed by atoms with van der Waals surface area (Å²) in [5.74, 6) is 0. The first-order chi connectivity index (χ1) is 27.7. The minimum Gasteiger partial charge on any atom is -0.0622 e. The van der Waals surface area contributed by atoms with E-state index in [9.17, 15) is 0 Å². The van der Waals surface area contributed by atoms with Gasteiger partial charge in [0.25, 0.3) is 0 Å². The molecule has 0 bridgehead atoms. The van der Waals surface area contributed by atoms with Crippen LogP contribution in [0.4, 0.5) is 0 Å². The molecule has 0 heteroatoms. The molecular formula is C56H34. The molecule has 0 radical (unpaired) electrons. The molecule has 0 amide bonds. The normalized spacial score (nSPS) is 11.9. The van der Waals surface area contributed by atoms with Crippen molar-refractivity contribution in [3.05, 3.63) is 206 Å². The van der Waals surface area contributed by atoms with E-state index in [1.165, 1.54) is 120 Å². The van der Waals surface area contributed by atoms with Crippen LogP contribution in [0.1, 0.15) is 0 Å². The Balaban J connectivity index is 0.876. The van der Waals surface area contributed by atoms with E-state index in [-0.39, 0.29) is 0 Å². The fraction of sp³-hybridized carbons (Fsp3) is 0. The van der Waals surface area contributed by atoms with Gasteiger partial charge in [0.1, 0.15) is 0 Å². The van der Waals surface area contributed by atoms with Gasteiger partial charge >= 0.3 is 0 Å². The number of hydrogen-bond donors (Lipinski definition) is 0. The zero-order valence-electron chi connectivity index (χ0n) is 30.6. The third-order valence-electron chi connectivity index (χ3n) is 12.2. The Kier molecular flexibility index (Phi) is 6.73. The van der Waals surface area contributed by atoms with Crippen LogP contribution in [-0.2, 0) is 0 Å². The third-order valence-corrected chi connectivity index (χ3v) is 12.2. The summed E-state index contributed by atoms with van der Waals surface area (Å²) in [5.41, 5.74) is 12.4. The maximum absolute atomic E-state index is 2.32. The van der Waals surface area contributed by atoms with Gasteiger partial charge in [0, 0.05) is 0 Å². The van der Waals surface area contributed by atoms with Crippen LogP contribution >= 0.6 is 0 Å². The van der Waals surface area contributed by atoms with Gasteiger partial charge < -0.3 is 0 Å². The molecule has 12 aromatic carbocycles. The van der Waals surface area contributed by atoms with Gasteiger partial charge in [0.2, 0.25) is 0 Å². The molecule has 0 aromatic heterocycles. The van der Waals surface area contributed by atoms with Crippen molar-refractivity contribution in [2.45, 2.75) is 0 Å². The van der Waals surface area contributed by atoms with Crippen molar-refractivity contribution >= 4 is 64.6 Å². The predicted octanol–water partition coefficient (Wildman–Crippen LogP) is 15.8. The third kappa shape index (κ3) is 4.73. The van der Waals surface area contributed by atoms with Crippen LogP contribution < -0.4 is 0 Å². The van der Waals surface area contributed by atoms with E-state index < -0.39 is 0 Å². The van der Waals surface area contributed by atoms with Crippen molar-refractivity contribution < 1.29 is 0 Å². The number of hydrogen-bond acceptors (Lipinski definition) is 0. The average molecular weight is 707 g/mol. The first-order valence-electron chi connectivity index (χ1n) is 19.5. The second kappa shape index (κ2) is 12.1. The van der Waals surface area contributed by atoms with E-state index >= 15 is 0 Å². The summed E-state index contributed by atoms with van der Waals surface area (Å²) in [5, 5.41) is 15.8. The maximum atomic E-state index is 2.32. The molecule has 0 nitrogen and oxygen atoms in total. The second-order valence-electron chi connectivity index (χ2n) is 15.2. The van der Waals surface area contributed by atoms with Gasteiger partial charge in [-0.05, 0) is 126 Å². The van der Waals surface area contributed by atoms with E-state index in [0.717, 1.165) is 0 Å². The van der Waals surface area contributed by atoms with Crippen molar-refractivity contribution in [3.63, 3.8) is 0 Å². The summed E-state index contributed by atoms with van der Waals surface area (Å²) < 4.78 is 0. The van der Waals surface area contributed by atoms with Crippen LogP contribution in [0.25, 0.3) is 120 Å². The molecule has 12 rings (SSSR count). The topological polar surface area (TPSA) is 0 Å². The lowest BCUT2D eigenvalue weighted by atomic mass is 9.87. The van der Waals surface area contributed by atoms with Crippen molar-refractivity contribution in [1.82, 2.24) is 0 Å². The van der Waals surface area contributed by atoms with Crippen LogP contribution in [0.2, 0.25) is 0 Å². The fourth-order valence-electron chi connectivity index (χ4n) is 9.47. The maximum Gasteiger partial charge on any atom is -0.00203 e. The molecule has 0 unspecified atom stereocenters. The highest BCUT2D eigenvalue weighted by molar-refractivity contribution is 6.28. The van der Waals surface area contributed by atoms with Crippen LogP contribution in [0.5, 0.6) is 0 Å². The van der Waals surface area contributed by atoms with Gasteiger partial charge in [-0.1, -0.05) is 200 Å². The van der Waals surface area contributed by atoms with Crippen LogP contribution in [0.15, 0.2) is 206 Å². The average Bonchev–Trinajstić information content (AvgIpc) is 3.28. The molecule has 56 heavy (non-hydrogen) atoms. The van der Waals surface area contributed by atoms with Gasteiger partial charge in [-0.25, -0.2) is 0 Å². The summed E-state index contributed by atoms with van der Waals surface area (Å²) in [7, 11) is 0. The molecular weight excluding hydrogens is 673 g/mol. The quantitative estimate of drug-likeness (QED) is 0.156. The van der Waals surface area contributed by atoms with Crippen molar-refractivity contribution in [2.24, 2.45) is 0 Å². The smallest absolute Gasteiger partial charge is 0.00203 e. The molecule has 0 aliphatic rings. The van der Waals surface area contributed by atoms with Gasteiger partial charge in [0.15, 0.2) is 0 Å². The molecule has 0 aliphatic carbocycles. The zero-order valence-corrected chi connectivity index (χ0v) is 30.6. The Morgan fingerprint density at radius 1 is 0.179 bits per heavy atom. The molecule has 12 aromatic rings. The van der Waals surface area contributed by atoms with E-state index in [4.69, 9.17) is 0 Å². The first kappa shape index (κ1) is 31.1. The van der Waals surface area contributed by atoms with E-state index in [0.29, 0.717) is 0 Å². The molecule has 0 fully saturated rings. The Morgan fingerprint density at radius 2 is 0.500 bits per heavy atom. The minimum absolute atomic E-state index is 1.21. The Labute approximate surface area is 325 Å².